The topological polar surface area (TPSA) is 60.0 Å². The monoisotopic (exact) mass is 527 g/mol. The van der Waals surface area contributed by atoms with Crippen molar-refractivity contribution in [1.82, 2.24) is 20.4 Å². The van der Waals surface area contributed by atoms with E-state index in [0.717, 1.165) is 64.6 Å². The Kier molecular flexibility index (Phi) is 10.4. The molecule has 1 aromatic rings. The van der Waals surface area contributed by atoms with Crippen LogP contribution in [0.25, 0.3) is 0 Å². The third-order valence-corrected chi connectivity index (χ3v) is 6.18. The number of guanidine groups is 1. The number of halogens is 1. The molecule has 6 nitrogen and oxygen atoms in total. The number of carbonyl (C=O) groups is 1. The molecule has 2 aliphatic rings. The summed E-state index contributed by atoms with van der Waals surface area (Å²) in [6.45, 7) is 12.6. The summed E-state index contributed by atoms with van der Waals surface area (Å²) in [5, 5.41) is 6.88. The lowest BCUT2D eigenvalue weighted by Gasteiger charge is -2.38. The van der Waals surface area contributed by atoms with E-state index < -0.39 is 0 Å². The zero-order chi connectivity index (χ0) is 20.6. The van der Waals surface area contributed by atoms with E-state index in [2.05, 4.69) is 65.5 Å². The highest BCUT2D eigenvalue weighted by Gasteiger charge is 2.30. The van der Waals surface area contributed by atoms with Crippen LogP contribution in [0.2, 0.25) is 0 Å². The van der Waals surface area contributed by atoms with Crippen LogP contribution in [0.5, 0.6) is 0 Å². The van der Waals surface area contributed by atoms with E-state index in [1.165, 1.54) is 17.5 Å². The third kappa shape index (κ3) is 6.83. The molecule has 1 atom stereocenters. The number of aryl methyl sites for hydroxylation is 1. The predicted octanol–water partition coefficient (Wildman–Crippen LogP) is 3.17. The number of aliphatic imine (C=N–C) groups is 1. The van der Waals surface area contributed by atoms with Gasteiger partial charge in [-0.05, 0) is 44.7 Å². The minimum atomic E-state index is 0. The van der Waals surface area contributed by atoms with Crippen LogP contribution in [-0.4, -0.2) is 67.5 Å². The first-order valence-electron chi connectivity index (χ1n) is 11.2. The zero-order valence-corrected chi connectivity index (χ0v) is 21.0. The van der Waals surface area contributed by atoms with E-state index >= 15 is 0 Å². The molecule has 30 heavy (non-hydrogen) atoms. The average molecular weight is 527 g/mol. The van der Waals surface area contributed by atoms with Crippen LogP contribution in [-0.2, 0) is 4.79 Å². The third-order valence-electron chi connectivity index (χ3n) is 6.18. The molecule has 1 saturated heterocycles. The fraction of sp³-hybridized carbons (Fsp3) is 0.652. The van der Waals surface area contributed by atoms with Crippen molar-refractivity contribution < 1.29 is 4.79 Å². The number of nitrogens with zero attached hydrogens (tertiary/aromatic N) is 3. The van der Waals surface area contributed by atoms with Crippen molar-refractivity contribution in [1.29, 1.82) is 0 Å². The smallest absolute Gasteiger partial charge is 0.225 e. The van der Waals surface area contributed by atoms with Crippen LogP contribution in [0.4, 0.5) is 0 Å². The number of carbonyl (C=O) groups excluding carboxylic acids is 1. The van der Waals surface area contributed by atoms with Gasteiger partial charge in [0.2, 0.25) is 5.91 Å². The lowest BCUT2D eigenvalue weighted by atomic mass is 9.84. The van der Waals surface area contributed by atoms with Crippen LogP contribution >= 0.6 is 24.0 Å². The summed E-state index contributed by atoms with van der Waals surface area (Å²) in [5.74, 6) is 1.56. The number of benzene rings is 1. The van der Waals surface area contributed by atoms with Gasteiger partial charge in [-0.15, -0.1) is 24.0 Å². The number of rotatable bonds is 7. The fourth-order valence-electron chi connectivity index (χ4n) is 4.08. The van der Waals surface area contributed by atoms with E-state index in [4.69, 9.17) is 4.99 Å². The van der Waals surface area contributed by atoms with E-state index in [9.17, 15) is 4.79 Å². The van der Waals surface area contributed by atoms with Gasteiger partial charge in [0, 0.05) is 45.2 Å². The Morgan fingerprint density at radius 1 is 1.20 bits per heavy atom. The molecule has 2 fully saturated rings. The second-order valence-electron chi connectivity index (χ2n) is 8.28. The maximum Gasteiger partial charge on any atom is 0.225 e. The van der Waals surface area contributed by atoms with Gasteiger partial charge in [0.05, 0.1) is 12.6 Å². The quantitative estimate of drug-likeness (QED) is 0.325. The molecule has 1 aromatic carbocycles. The largest absolute Gasteiger partial charge is 0.357 e. The van der Waals surface area contributed by atoms with Gasteiger partial charge in [-0.1, -0.05) is 30.7 Å². The molecule has 1 saturated carbocycles. The lowest BCUT2D eigenvalue weighted by molar-refractivity contribution is -0.139. The van der Waals surface area contributed by atoms with Gasteiger partial charge in [0.25, 0.3) is 0 Å². The van der Waals surface area contributed by atoms with E-state index in [1.807, 2.05) is 0 Å². The Balaban J connectivity index is 0.00000320. The highest BCUT2D eigenvalue weighted by molar-refractivity contribution is 14.0. The van der Waals surface area contributed by atoms with E-state index in [0.29, 0.717) is 11.8 Å². The summed E-state index contributed by atoms with van der Waals surface area (Å²) in [5.41, 5.74) is 2.59. The molecule has 3 rings (SSSR count). The molecular formula is C23H38IN5O. The highest BCUT2D eigenvalue weighted by atomic mass is 127. The molecule has 1 aliphatic heterocycles. The maximum atomic E-state index is 12.4. The second kappa shape index (κ2) is 12.5. The van der Waals surface area contributed by atoms with E-state index in [-0.39, 0.29) is 30.0 Å². The summed E-state index contributed by atoms with van der Waals surface area (Å²) in [6.07, 6.45) is 3.41. The molecule has 1 unspecified atom stereocenters. The molecule has 0 bridgehead atoms. The van der Waals surface area contributed by atoms with Crippen molar-refractivity contribution in [2.45, 2.75) is 46.1 Å². The van der Waals surface area contributed by atoms with Crippen LogP contribution in [0.15, 0.2) is 29.3 Å². The minimum absolute atomic E-state index is 0. The Morgan fingerprint density at radius 2 is 1.90 bits per heavy atom. The molecule has 1 amide bonds. The van der Waals surface area contributed by atoms with Crippen LogP contribution in [0.3, 0.4) is 0 Å². The summed E-state index contributed by atoms with van der Waals surface area (Å²) >= 11 is 0. The summed E-state index contributed by atoms with van der Waals surface area (Å²) < 4.78 is 0. The van der Waals surface area contributed by atoms with Gasteiger partial charge in [0.15, 0.2) is 5.96 Å². The Bertz CT molecular complexity index is 699. The predicted molar refractivity (Wildman–Crippen MR) is 134 cm³/mol. The molecule has 2 N–H and O–H groups in total. The van der Waals surface area contributed by atoms with Gasteiger partial charge in [-0.25, -0.2) is 0 Å². The normalized spacial score (nSPS) is 18.9. The Labute approximate surface area is 198 Å². The molecule has 0 aromatic heterocycles. The zero-order valence-electron chi connectivity index (χ0n) is 18.7. The maximum absolute atomic E-state index is 12.4. The fourth-order valence-corrected chi connectivity index (χ4v) is 4.08. The van der Waals surface area contributed by atoms with Crippen molar-refractivity contribution in [2.75, 3.05) is 45.8 Å². The minimum Gasteiger partial charge on any atom is -0.357 e. The van der Waals surface area contributed by atoms with Crippen LogP contribution in [0, 0.1) is 12.8 Å². The molecule has 1 heterocycles. The van der Waals surface area contributed by atoms with Crippen molar-refractivity contribution >= 4 is 35.8 Å². The summed E-state index contributed by atoms with van der Waals surface area (Å²) in [7, 11) is 0. The Morgan fingerprint density at radius 3 is 2.50 bits per heavy atom. The van der Waals surface area contributed by atoms with Crippen molar-refractivity contribution in [3.8, 4) is 0 Å². The average Bonchev–Trinajstić information content (AvgIpc) is 2.67. The number of amides is 1. The van der Waals surface area contributed by atoms with Crippen molar-refractivity contribution in [2.24, 2.45) is 10.9 Å². The number of hydrogen-bond acceptors (Lipinski definition) is 3. The second-order valence-corrected chi connectivity index (χ2v) is 8.28. The first-order chi connectivity index (χ1) is 14.1. The van der Waals surface area contributed by atoms with Gasteiger partial charge in [-0.2, -0.15) is 0 Å². The highest BCUT2D eigenvalue weighted by Crippen LogP contribution is 2.28. The van der Waals surface area contributed by atoms with Gasteiger partial charge in [-0.3, -0.25) is 14.7 Å². The summed E-state index contributed by atoms with van der Waals surface area (Å²) in [4.78, 5) is 21.6. The van der Waals surface area contributed by atoms with Gasteiger partial charge in [0.1, 0.15) is 0 Å². The lowest BCUT2D eigenvalue weighted by Crippen LogP contribution is -2.51. The van der Waals surface area contributed by atoms with Gasteiger partial charge >= 0.3 is 0 Å². The van der Waals surface area contributed by atoms with Crippen molar-refractivity contribution in [3.63, 3.8) is 0 Å². The molecule has 0 spiro atoms. The van der Waals surface area contributed by atoms with E-state index in [1.54, 1.807) is 0 Å². The molecule has 0 radical (unpaired) electrons. The molecule has 168 valence electrons. The van der Waals surface area contributed by atoms with Gasteiger partial charge < -0.3 is 15.5 Å². The standard InChI is InChI=1S/C23H37N5O.HI/c1-4-24-23(26-19(3)21-11-6-5-8-18(21)2)25-12-13-27-14-16-28(17-15-27)22(29)20-9-7-10-20;/h5-6,8,11,19-20H,4,7,9-10,12-17H2,1-3H3,(H2,24,25,26);1H. The first-order valence-corrected chi connectivity index (χ1v) is 11.2. The number of piperazine rings is 1. The SMILES string of the molecule is CCNC(=NCCN1CCN(C(=O)C2CCC2)CC1)NC(C)c1ccccc1C.I. The number of nitrogens with one attached hydrogen (secondary N) is 2. The molecule has 1 aliphatic carbocycles. The molecular weight excluding hydrogens is 489 g/mol. The first kappa shape index (κ1) is 24.9. The summed E-state index contributed by atoms with van der Waals surface area (Å²) in [6, 6.07) is 8.67. The Hall–Kier alpha value is -1.35. The molecule has 7 heteroatoms. The number of hydrogen-bond donors (Lipinski definition) is 2. The van der Waals surface area contributed by atoms with Crippen LogP contribution in [0.1, 0.15) is 50.3 Å². The van der Waals surface area contributed by atoms with Crippen molar-refractivity contribution in [3.05, 3.63) is 35.4 Å². The van der Waals surface area contributed by atoms with Crippen LogP contribution < -0.4 is 10.6 Å².